The van der Waals surface area contributed by atoms with Crippen LogP contribution in [0, 0.1) is 0 Å². The summed E-state index contributed by atoms with van der Waals surface area (Å²) in [6, 6.07) is 9.77. The molecule has 0 aliphatic carbocycles. The van der Waals surface area contributed by atoms with E-state index in [0.717, 1.165) is 10.8 Å². The van der Waals surface area contributed by atoms with Gasteiger partial charge in [0.2, 0.25) is 11.3 Å². The first-order valence-electron chi connectivity index (χ1n) is 5.77. The number of halogens is 3. The lowest BCUT2D eigenvalue weighted by Crippen LogP contribution is -2.07. The van der Waals surface area contributed by atoms with Crippen LogP contribution in [0.15, 0.2) is 36.4 Å². The van der Waals surface area contributed by atoms with Crippen LogP contribution in [0.25, 0.3) is 20.4 Å². The smallest absolute Gasteiger partial charge is 0.420 e. The largest absolute Gasteiger partial charge is 0.496 e. The third kappa shape index (κ3) is 2.16. The van der Waals surface area contributed by atoms with Crippen LogP contribution in [0.3, 0.4) is 0 Å². The van der Waals surface area contributed by atoms with Gasteiger partial charge < -0.3 is 4.74 Å². The van der Waals surface area contributed by atoms with Crippen LogP contribution in [0.2, 0.25) is 0 Å². The van der Waals surface area contributed by atoms with Crippen molar-refractivity contribution in [3.63, 3.8) is 0 Å². The topological polar surface area (TPSA) is 22.1 Å². The Labute approximate surface area is 116 Å². The minimum absolute atomic E-state index is 0.182. The molecular formula is C14H9F3NOS+. The number of aromatic nitrogens is 1. The number of methoxy groups -OCH3 is 1. The number of alkyl halides is 3. The Hall–Kier alpha value is -1.95. The summed E-state index contributed by atoms with van der Waals surface area (Å²) in [6.45, 7) is 0. The number of nitrogens with zero attached hydrogens (tertiary/aromatic N) is 1. The highest BCUT2D eigenvalue weighted by atomic mass is 32.1. The molecule has 0 amide bonds. The fourth-order valence-corrected chi connectivity index (χ4v) is 2.97. The van der Waals surface area contributed by atoms with E-state index in [1.165, 1.54) is 24.5 Å². The Balaban J connectivity index is 2.36. The summed E-state index contributed by atoms with van der Waals surface area (Å²) in [5.41, 5.74) is 0.201. The molecular weight excluding hydrogens is 287 g/mol. The quantitative estimate of drug-likeness (QED) is 0.477. The Morgan fingerprint density at radius 2 is 1.80 bits per heavy atom. The van der Waals surface area contributed by atoms with Crippen LogP contribution in [0.1, 0.15) is 5.56 Å². The fourth-order valence-electron chi connectivity index (χ4n) is 1.99. The number of rotatable bonds is 1. The normalized spacial score (nSPS) is 12.0. The van der Waals surface area contributed by atoms with E-state index in [0.29, 0.717) is 15.7 Å². The monoisotopic (exact) mass is 296 g/mol. The number of fused-ring (bicyclic) bond motifs is 2. The number of hydrogen-bond donors (Lipinski definition) is 0. The molecule has 20 heavy (non-hydrogen) atoms. The van der Waals surface area contributed by atoms with Crippen molar-refractivity contribution in [1.82, 2.24) is 4.98 Å². The molecule has 1 aromatic heterocycles. The number of para-hydroxylation sites is 1. The van der Waals surface area contributed by atoms with Crippen molar-refractivity contribution >= 4 is 31.8 Å². The van der Waals surface area contributed by atoms with E-state index in [9.17, 15) is 13.2 Å². The van der Waals surface area contributed by atoms with Crippen LogP contribution in [-0.2, 0) is 6.18 Å². The summed E-state index contributed by atoms with van der Waals surface area (Å²) in [5, 5.41) is 0. The first-order chi connectivity index (χ1) is 9.49. The molecule has 0 radical (unpaired) electrons. The highest BCUT2D eigenvalue weighted by Crippen LogP contribution is 2.39. The Bertz CT molecular complexity index is 801. The van der Waals surface area contributed by atoms with E-state index in [1.807, 2.05) is 18.2 Å². The molecule has 0 saturated carbocycles. The van der Waals surface area contributed by atoms with E-state index in [2.05, 4.69) is 4.98 Å². The van der Waals surface area contributed by atoms with Gasteiger partial charge >= 0.3 is 6.18 Å². The average molecular weight is 296 g/mol. The minimum Gasteiger partial charge on any atom is -0.496 e. The zero-order valence-corrected chi connectivity index (χ0v) is 11.2. The van der Waals surface area contributed by atoms with Crippen LogP contribution >= 0.6 is 11.3 Å². The predicted octanol–water partition coefficient (Wildman–Crippen LogP) is 4.76. The maximum atomic E-state index is 13.0. The second-order valence-corrected chi connectivity index (χ2v) is 5.28. The summed E-state index contributed by atoms with van der Waals surface area (Å²) in [7, 11) is 1.23. The minimum atomic E-state index is -4.46. The highest BCUT2D eigenvalue weighted by Gasteiger charge is 2.35. The summed E-state index contributed by atoms with van der Waals surface area (Å²) in [5.74, 6) is -0.182. The summed E-state index contributed by atoms with van der Waals surface area (Å²) >= 11 is 1.39. The van der Waals surface area contributed by atoms with Gasteiger partial charge in [0.1, 0.15) is 22.3 Å². The molecule has 2 nitrogen and oxygen atoms in total. The molecule has 102 valence electrons. The van der Waals surface area contributed by atoms with Gasteiger partial charge in [-0.15, -0.1) is 0 Å². The van der Waals surface area contributed by atoms with Crippen LogP contribution in [0.5, 0.6) is 5.75 Å². The number of benzene rings is 2. The lowest BCUT2D eigenvalue weighted by atomic mass is 10.2. The van der Waals surface area contributed by atoms with Crippen molar-refractivity contribution in [2.24, 2.45) is 0 Å². The molecule has 0 aliphatic heterocycles. The van der Waals surface area contributed by atoms with Gasteiger partial charge in [-0.3, -0.25) is 0 Å². The van der Waals surface area contributed by atoms with Crippen molar-refractivity contribution in [2.45, 2.75) is 6.18 Å². The van der Waals surface area contributed by atoms with E-state index in [-0.39, 0.29) is 5.75 Å². The van der Waals surface area contributed by atoms with Crippen LogP contribution < -0.4 is 4.74 Å². The molecule has 0 spiro atoms. The highest BCUT2D eigenvalue weighted by molar-refractivity contribution is 7.24. The lowest BCUT2D eigenvalue weighted by molar-refractivity contribution is -0.138. The molecule has 6 heteroatoms. The van der Waals surface area contributed by atoms with Gasteiger partial charge in [0.05, 0.1) is 7.11 Å². The second kappa shape index (κ2) is 4.56. The van der Waals surface area contributed by atoms with E-state index in [4.69, 9.17) is 4.74 Å². The maximum Gasteiger partial charge on any atom is 0.420 e. The molecule has 3 aromatic rings. The van der Waals surface area contributed by atoms with Gasteiger partial charge in [0.25, 0.3) is 9.40 Å². The first kappa shape index (κ1) is 13.1. The van der Waals surface area contributed by atoms with Crippen molar-refractivity contribution in [3.8, 4) is 5.75 Å². The van der Waals surface area contributed by atoms with Gasteiger partial charge in [0.15, 0.2) is 0 Å². The summed E-state index contributed by atoms with van der Waals surface area (Å²) in [6.07, 6.45) is -4.46. The Morgan fingerprint density at radius 1 is 1.05 bits per heavy atom. The van der Waals surface area contributed by atoms with Crippen molar-refractivity contribution in [1.29, 1.82) is 0 Å². The van der Waals surface area contributed by atoms with Gasteiger partial charge in [-0.25, -0.2) is 4.98 Å². The molecule has 0 aliphatic rings. The van der Waals surface area contributed by atoms with Crippen molar-refractivity contribution < 1.29 is 17.9 Å². The van der Waals surface area contributed by atoms with Gasteiger partial charge in [-0.1, -0.05) is 12.1 Å². The molecule has 2 aromatic carbocycles. The van der Waals surface area contributed by atoms with E-state index in [1.54, 1.807) is 6.07 Å². The molecule has 0 bridgehead atoms. The van der Waals surface area contributed by atoms with Gasteiger partial charge in [-0.05, 0) is 12.1 Å². The average Bonchev–Trinajstić information content (AvgIpc) is 2.42. The Kier molecular flexibility index (Phi) is 2.97. The maximum absolute atomic E-state index is 13.0. The van der Waals surface area contributed by atoms with Crippen molar-refractivity contribution in [3.05, 3.63) is 42.0 Å². The van der Waals surface area contributed by atoms with Crippen LogP contribution in [0.4, 0.5) is 13.2 Å². The van der Waals surface area contributed by atoms with Gasteiger partial charge in [0, 0.05) is 12.1 Å². The lowest BCUT2D eigenvalue weighted by Gasteiger charge is -2.10. The number of hydrogen-bond acceptors (Lipinski definition) is 2. The second-order valence-electron chi connectivity index (χ2n) is 4.20. The first-order valence-corrected chi connectivity index (χ1v) is 6.58. The zero-order chi connectivity index (χ0) is 14.3. The summed E-state index contributed by atoms with van der Waals surface area (Å²) in [4.78, 5) is 4.28. The molecule has 0 unspecified atom stereocenters. The SMILES string of the molecule is COc1cc2[s+]c3ccccc3nc2cc1C(F)(F)F. The number of ether oxygens (including phenoxy) is 1. The standard InChI is InChI=1S/C14H9F3NOS/c1-19-11-7-13-10(6-8(11)14(15,16)17)18-9-4-2-3-5-12(9)20-13/h2-7H,1H3/q+1. The molecule has 0 fully saturated rings. The Morgan fingerprint density at radius 3 is 2.50 bits per heavy atom. The van der Waals surface area contributed by atoms with Crippen molar-refractivity contribution in [2.75, 3.05) is 7.11 Å². The van der Waals surface area contributed by atoms with E-state index < -0.39 is 11.7 Å². The molecule has 0 saturated heterocycles. The zero-order valence-electron chi connectivity index (χ0n) is 10.4. The summed E-state index contributed by atoms with van der Waals surface area (Å²) < 4.78 is 45.3. The molecule has 3 rings (SSSR count). The molecule has 0 N–H and O–H groups in total. The molecule has 0 atom stereocenters. The van der Waals surface area contributed by atoms with Crippen LogP contribution in [-0.4, -0.2) is 12.1 Å². The third-order valence-electron chi connectivity index (χ3n) is 2.91. The fraction of sp³-hybridized carbons (Fsp3) is 0.143. The van der Waals surface area contributed by atoms with E-state index >= 15 is 0 Å². The molecule has 1 heterocycles. The van der Waals surface area contributed by atoms with Gasteiger partial charge in [-0.2, -0.15) is 13.2 Å². The predicted molar refractivity (Wildman–Crippen MR) is 73.1 cm³/mol. The third-order valence-corrected chi connectivity index (χ3v) is 4.02.